The lowest BCUT2D eigenvalue weighted by Gasteiger charge is -2.04. The van der Waals surface area contributed by atoms with Crippen molar-refractivity contribution in [3.63, 3.8) is 0 Å². The van der Waals surface area contributed by atoms with Gasteiger partial charge in [-0.2, -0.15) is 0 Å². The van der Waals surface area contributed by atoms with Crippen LogP contribution in [0.1, 0.15) is 12.0 Å². The molecule has 0 heterocycles. The number of rotatable bonds is 4. The maximum absolute atomic E-state index is 11.3. The maximum Gasteiger partial charge on any atom is 0.332 e. The molecule has 0 saturated carbocycles. The normalized spacial score (nSPS) is 10.9. The van der Waals surface area contributed by atoms with Crippen molar-refractivity contribution in [2.24, 2.45) is 0 Å². The Labute approximate surface area is 104 Å². The highest BCUT2D eigenvalue weighted by atomic mass is 16.4. The van der Waals surface area contributed by atoms with Gasteiger partial charge in [0, 0.05) is 24.4 Å². The molecule has 1 aromatic rings. The van der Waals surface area contributed by atoms with Crippen LogP contribution < -0.4 is 5.32 Å². The molecule has 3 N–H and O–H groups in total. The van der Waals surface area contributed by atoms with Gasteiger partial charge >= 0.3 is 5.97 Å². The number of carbonyl (C=O) groups excluding carboxylic acids is 1. The molecule has 0 aliphatic carbocycles. The Balaban J connectivity index is 2.35. The molecule has 1 aromatic carbocycles. The summed E-state index contributed by atoms with van der Waals surface area (Å²) < 4.78 is 0. The van der Waals surface area contributed by atoms with Gasteiger partial charge in [-0.1, -0.05) is 24.1 Å². The minimum atomic E-state index is -1.47. The topological polar surface area (TPSA) is 86.6 Å². The van der Waals surface area contributed by atoms with E-state index in [1.54, 1.807) is 12.1 Å². The van der Waals surface area contributed by atoms with Gasteiger partial charge in [0.15, 0.2) is 6.10 Å². The fourth-order valence-electron chi connectivity index (χ4n) is 1.14. The zero-order valence-corrected chi connectivity index (χ0v) is 9.59. The minimum Gasteiger partial charge on any atom is -0.479 e. The Bertz CT molecular complexity index is 473. The molecular weight excluding hydrogens is 234 g/mol. The standard InChI is InChI=1S/C13H13NO4/c15-11(13(17)18)8-9-14-12(16)7-6-10-4-2-1-3-5-10/h1-5,11,15H,8-9H2,(H,14,16)(H,17,18). The van der Waals surface area contributed by atoms with Crippen molar-refractivity contribution in [1.29, 1.82) is 0 Å². The second-order valence-electron chi connectivity index (χ2n) is 3.51. The lowest BCUT2D eigenvalue weighted by Crippen LogP contribution is -2.29. The first-order valence-electron chi connectivity index (χ1n) is 5.35. The second-order valence-corrected chi connectivity index (χ2v) is 3.51. The lowest BCUT2D eigenvalue weighted by atomic mass is 10.2. The Hall–Kier alpha value is -2.32. The average molecular weight is 247 g/mol. The van der Waals surface area contributed by atoms with Gasteiger partial charge in [0.25, 0.3) is 5.91 Å². The zero-order chi connectivity index (χ0) is 13.4. The van der Waals surface area contributed by atoms with Crippen molar-refractivity contribution in [2.75, 3.05) is 6.54 Å². The molecule has 0 saturated heterocycles. The third-order valence-corrected chi connectivity index (χ3v) is 2.08. The van der Waals surface area contributed by atoms with Crippen molar-refractivity contribution in [1.82, 2.24) is 5.32 Å². The van der Waals surface area contributed by atoms with Crippen molar-refractivity contribution in [2.45, 2.75) is 12.5 Å². The summed E-state index contributed by atoms with van der Waals surface area (Å²) in [7, 11) is 0. The summed E-state index contributed by atoms with van der Waals surface area (Å²) >= 11 is 0. The highest BCUT2D eigenvalue weighted by Crippen LogP contribution is 1.94. The van der Waals surface area contributed by atoms with Crippen LogP contribution in [0.2, 0.25) is 0 Å². The van der Waals surface area contributed by atoms with Gasteiger partial charge in [-0.25, -0.2) is 4.79 Å². The van der Waals surface area contributed by atoms with Gasteiger partial charge in [0.05, 0.1) is 0 Å². The molecule has 0 aromatic heterocycles. The Morgan fingerprint density at radius 1 is 1.28 bits per heavy atom. The highest BCUT2D eigenvalue weighted by Gasteiger charge is 2.12. The lowest BCUT2D eigenvalue weighted by molar-refractivity contribution is -0.147. The molecule has 1 unspecified atom stereocenters. The summed E-state index contributed by atoms with van der Waals surface area (Å²) in [6.07, 6.45) is -1.51. The Kier molecular flexibility index (Phi) is 5.42. The van der Waals surface area contributed by atoms with Crippen molar-refractivity contribution in [3.8, 4) is 11.8 Å². The van der Waals surface area contributed by atoms with Crippen molar-refractivity contribution >= 4 is 11.9 Å². The van der Waals surface area contributed by atoms with E-state index in [0.29, 0.717) is 0 Å². The van der Waals surface area contributed by atoms with Gasteiger partial charge in [-0.05, 0) is 12.1 Å². The number of nitrogens with one attached hydrogen (secondary N) is 1. The first-order valence-corrected chi connectivity index (χ1v) is 5.35. The van der Waals surface area contributed by atoms with E-state index < -0.39 is 18.0 Å². The smallest absolute Gasteiger partial charge is 0.332 e. The number of carbonyl (C=O) groups is 2. The number of carboxylic acids is 1. The molecule has 1 rings (SSSR count). The maximum atomic E-state index is 11.3. The van der Waals surface area contributed by atoms with Crippen LogP contribution in [0.5, 0.6) is 0 Å². The summed E-state index contributed by atoms with van der Waals surface area (Å²) in [4.78, 5) is 21.5. The van der Waals surface area contributed by atoms with Crippen LogP contribution in [0.15, 0.2) is 30.3 Å². The second kappa shape index (κ2) is 7.09. The number of aliphatic carboxylic acids is 1. The molecule has 94 valence electrons. The predicted molar refractivity (Wildman–Crippen MR) is 64.6 cm³/mol. The van der Waals surface area contributed by atoms with Crippen molar-refractivity contribution < 1.29 is 19.8 Å². The molecule has 0 spiro atoms. The van der Waals surface area contributed by atoms with E-state index in [9.17, 15) is 9.59 Å². The van der Waals surface area contributed by atoms with Gasteiger partial charge in [0.2, 0.25) is 0 Å². The van der Waals surface area contributed by atoms with E-state index in [1.807, 2.05) is 18.2 Å². The monoisotopic (exact) mass is 247 g/mol. The summed E-state index contributed by atoms with van der Waals surface area (Å²) in [6, 6.07) is 9.01. The molecule has 0 fully saturated rings. The van der Waals surface area contributed by atoms with Gasteiger partial charge in [-0.15, -0.1) is 0 Å². The van der Waals surface area contributed by atoms with Crippen LogP contribution >= 0.6 is 0 Å². The van der Waals surface area contributed by atoms with E-state index in [2.05, 4.69) is 17.2 Å². The summed E-state index contributed by atoms with van der Waals surface area (Å²) in [5, 5.41) is 19.8. The number of aliphatic hydroxyl groups excluding tert-OH is 1. The number of amides is 1. The highest BCUT2D eigenvalue weighted by molar-refractivity contribution is 5.94. The summed E-state index contributed by atoms with van der Waals surface area (Å²) in [6.45, 7) is 0.0652. The number of hydrogen-bond acceptors (Lipinski definition) is 3. The van der Waals surface area contributed by atoms with Crippen LogP contribution in [0.3, 0.4) is 0 Å². The largest absolute Gasteiger partial charge is 0.479 e. The zero-order valence-electron chi connectivity index (χ0n) is 9.59. The Morgan fingerprint density at radius 2 is 1.94 bits per heavy atom. The van der Waals surface area contributed by atoms with Gasteiger partial charge in [0.1, 0.15) is 0 Å². The third-order valence-electron chi connectivity index (χ3n) is 2.08. The Morgan fingerprint density at radius 3 is 2.56 bits per heavy atom. The fourth-order valence-corrected chi connectivity index (χ4v) is 1.14. The van der Waals surface area contributed by atoms with E-state index in [-0.39, 0.29) is 13.0 Å². The summed E-state index contributed by atoms with van der Waals surface area (Å²) in [5.74, 6) is 3.23. The summed E-state index contributed by atoms with van der Waals surface area (Å²) in [5.41, 5.74) is 0.721. The fraction of sp³-hybridized carbons (Fsp3) is 0.231. The number of hydrogen-bond donors (Lipinski definition) is 3. The molecule has 1 atom stereocenters. The molecule has 1 amide bonds. The average Bonchev–Trinajstić information content (AvgIpc) is 2.37. The van der Waals surface area contributed by atoms with Crippen LogP contribution in [-0.2, 0) is 9.59 Å². The molecule has 0 aliphatic heterocycles. The molecule has 0 aliphatic rings. The molecule has 18 heavy (non-hydrogen) atoms. The third kappa shape index (κ3) is 5.14. The van der Waals surface area contributed by atoms with Crippen LogP contribution in [-0.4, -0.2) is 34.7 Å². The molecule has 0 bridgehead atoms. The first-order chi connectivity index (χ1) is 8.59. The number of aliphatic hydroxyl groups is 1. The van der Waals surface area contributed by atoms with Crippen molar-refractivity contribution in [3.05, 3.63) is 35.9 Å². The quantitative estimate of drug-likeness (QED) is 0.653. The predicted octanol–water partition coefficient (Wildman–Crippen LogP) is -0.0101. The first kappa shape index (κ1) is 13.7. The SMILES string of the molecule is O=C(C#Cc1ccccc1)NCCC(O)C(=O)O. The van der Waals surface area contributed by atoms with Gasteiger partial charge < -0.3 is 15.5 Å². The van der Waals surface area contributed by atoms with Crippen LogP contribution in [0, 0.1) is 11.8 Å². The molecular formula is C13H13NO4. The minimum absolute atomic E-state index is 0.0475. The molecule has 5 heteroatoms. The van der Waals surface area contributed by atoms with E-state index >= 15 is 0 Å². The number of benzene rings is 1. The molecule has 0 radical (unpaired) electrons. The van der Waals surface area contributed by atoms with Crippen LogP contribution in [0.25, 0.3) is 0 Å². The van der Waals surface area contributed by atoms with E-state index in [1.165, 1.54) is 0 Å². The van der Waals surface area contributed by atoms with E-state index in [4.69, 9.17) is 10.2 Å². The van der Waals surface area contributed by atoms with Gasteiger partial charge in [-0.3, -0.25) is 4.79 Å². The number of carboxylic acid groups (broad SMARTS) is 1. The molecule has 5 nitrogen and oxygen atoms in total. The van der Waals surface area contributed by atoms with Crippen LogP contribution in [0.4, 0.5) is 0 Å². The van der Waals surface area contributed by atoms with E-state index in [0.717, 1.165) is 5.56 Å².